The Balaban J connectivity index is 1.24. The van der Waals surface area contributed by atoms with Crippen LogP contribution < -0.4 is 10.2 Å². The van der Waals surface area contributed by atoms with Crippen molar-refractivity contribution >= 4 is 17.9 Å². The van der Waals surface area contributed by atoms with E-state index in [1.54, 1.807) is 18.6 Å². The van der Waals surface area contributed by atoms with Crippen LogP contribution in [0.4, 0.5) is 29.7 Å². The molecule has 0 bridgehead atoms. The number of cyclic esters (lactones) is 1. The molecule has 0 radical (unpaired) electrons. The third kappa shape index (κ3) is 4.23. The van der Waals surface area contributed by atoms with Crippen molar-refractivity contribution in [2.75, 3.05) is 16.8 Å². The Morgan fingerprint density at radius 1 is 1.08 bits per heavy atom. The van der Waals surface area contributed by atoms with E-state index < -0.39 is 17.8 Å². The van der Waals surface area contributed by atoms with Gasteiger partial charge in [-0.15, -0.1) is 0 Å². The van der Waals surface area contributed by atoms with Crippen LogP contribution in [-0.4, -0.2) is 32.2 Å². The first-order chi connectivity index (χ1) is 18.3. The molecule has 1 N–H and O–H groups in total. The number of carbonyl (C=O) groups excluding carboxylic acids is 1. The number of aromatic nitrogens is 4. The lowest BCUT2D eigenvalue weighted by atomic mass is 9.97. The molecule has 0 saturated carbocycles. The normalized spacial score (nSPS) is 17.5. The predicted molar refractivity (Wildman–Crippen MR) is 133 cm³/mol. The smallest absolute Gasteiger partial charge is 0.416 e. The number of amides is 1. The number of nitrogens with one attached hydrogen (secondary N) is 1. The maximum absolute atomic E-state index is 13.2. The highest BCUT2D eigenvalue weighted by Gasteiger charge is 2.36. The third-order valence-electron chi connectivity index (χ3n) is 6.90. The van der Waals surface area contributed by atoms with Crippen molar-refractivity contribution in [2.24, 2.45) is 0 Å². The van der Waals surface area contributed by atoms with Crippen LogP contribution in [0.2, 0.25) is 0 Å². The monoisotopic (exact) mass is 520 g/mol. The minimum Gasteiger partial charge on any atom is -0.447 e. The van der Waals surface area contributed by atoms with E-state index in [2.05, 4.69) is 20.3 Å². The van der Waals surface area contributed by atoms with E-state index in [0.717, 1.165) is 23.0 Å². The molecule has 1 amide bonds. The van der Waals surface area contributed by atoms with Gasteiger partial charge in [-0.1, -0.05) is 30.3 Å². The van der Waals surface area contributed by atoms with E-state index in [1.807, 2.05) is 41.8 Å². The molecule has 2 aromatic carbocycles. The largest absolute Gasteiger partial charge is 0.447 e. The Hall–Kier alpha value is -4.41. The quantitative estimate of drug-likeness (QED) is 0.366. The first kappa shape index (κ1) is 24.0. The summed E-state index contributed by atoms with van der Waals surface area (Å²) in [5.74, 6) is 0.724. The summed E-state index contributed by atoms with van der Waals surface area (Å²) in [6.07, 6.45) is -0.621. The molecule has 0 spiro atoms. The number of ether oxygens (including phenoxy) is 1. The minimum absolute atomic E-state index is 0.221. The van der Waals surface area contributed by atoms with Gasteiger partial charge in [0.2, 0.25) is 5.95 Å². The number of hydrogen-bond acceptors (Lipinski definition) is 6. The van der Waals surface area contributed by atoms with E-state index in [9.17, 15) is 18.0 Å². The van der Waals surface area contributed by atoms with Crippen LogP contribution in [0.3, 0.4) is 0 Å². The van der Waals surface area contributed by atoms with Gasteiger partial charge in [-0.25, -0.2) is 14.8 Å². The fraction of sp³-hybridized carbons (Fsp3) is 0.259. The number of fused-ring (bicyclic) bond motifs is 3. The number of anilines is 2. The number of carbonyl (C=O) groups is 1. The van der Waals surface area contributed by atoms with Crippen molar-refractivity contribution in [1.82, 2.24) is 19.5 Å². The van der Waals surface area contributed by atoms with Crippen LogP contribution in [0.5, 0.6) is 0 Å². The summed E-state index contributed by atoms with van der Waals surface area (Å²) >= 11 is 0. The van der Waals surface area contributed by atoms with Crippen LogP contribution >= 0.6 is 0 Å². The molecule has 11 heteroatoms. The van der Waals surface area contributed by atoms with E-state index >= 15 is 0 Å². The molecular weight excluding hydrogens is 497 g/mol. The fourth-order valence-corrected chi connectivity index (χ4v) is 5.07. The minimum atomic E-state index is -4.38. The Kier molecular flexibility index (Phi) is 5.77. The number of alkyl halides is 3. The first-order valence-corrected chi connectivity index (χ1v) is 12.2. The molecule has 1 fully saturated rings. The zero-order valence-electron chi connectivity index (χ0n) is 20.3. The van der Waals surface area contributed by atoms with Gasteiger partial charge in [0.15, 0.2) is 0 Å². The molecule has 194 valence electrons. The van der Waals surface area contributed by atoms with Crippen molar-refractivity contribution < 1.29 is 22.7 Å². The Bertz CT molecular complexity index is 1500. The molecule has 4 aromatic rings. The molecule has 1 unspecified atom stereocenters. The van der Waals surface area contributed by atoms with Gasteiger partial charge in [0.1, 0.15) is 18.5 Å². The molecule has 1 saturated heterocycles. The van der Waals surface area contributed by atoms with Crippen molar-refractivity contribution in [3.8, 4) is 5.69 Å². The van der Waals surface area contributed by atoms with Crippen LogP contribution in [0.25, 0.3) is 5.69 Å². The highest BCUT2D eigenvalue weighted by molar-refractivity contribution is 5.89. The fourth-order valence-electron chi connectivity index (χ4n) is 5.07. The van der Waals surface area contributed by atoms with Crippen LogP contribution in [0.15, 0.2) is 67.1 Å². The lowest BCUT2D eigenvalue weighted by molar-refractivity contribution is -0.137. The average molecular weight is 521 g/mol. The lowest BCUT2D eigenvalue weighted by Crippen LogP contribution is -2.28. The van der Waals surface area contributed by atoms with Crippen LogP contribution in [-0.2, 0) is 23.8 Å². The lowest BCUT2D eigenvalue weighted by Gasteiger charge is -2.23. The number of benzene rings is 2. The molecule has 8 nitrogen and oxygen atoms in total. The van der Waals surface area contributed by atoms with Crippen molar-refractivity contribution in [1.29, 1.82) is 0 Å². The number of halogens is 3. The predicted octanol–water partition coefficient (Wildman–Crippen LogP) is 5.65. The highest BCUT2D eigenvalue weighted by atomic mass is 19.4. The summed E-state index contributed by atoms with van der Waals surface area (Å²) < 4.78 is 46.6. The van der Waals surface area contributed by atoms with Crippen molar-refractivity contribution in [2.45, 2.75) is 38.0 Å². The second kappa shape index (κ2) is 9.16. The standard InChI is InChI=1S/C27H23F3N6O2/c1-16(24-21-9-7-18-13-19(27(28,29)30)8-10-20(18)35(21)15-32-24)33-25-31-12-11-23(34-25)36-22(14-38-26(36)37)17-5-3-2-4-6-17/h2-6,8,10-13,15-16,22H,7,9,14H2,1H3,(H,31,33,34)/t16?,22-/m1/s1. The highest BCUT2D eigenvalue weighted by Crippen LogP contribution is 2.36. The summed E-state index contributed by atoms with van der Waals surface area (Å²) in [5, 5.41) is 3.26. The maximum atomic E-state index is 13.2. The number of nitrogens with zero attached hydrogens (tertiary/aromatic N) is 5. The van der Waals surface area contributed by atoms with Crippen molar-refractivity contribution in [3.63, 3.8) is 0 Å². The summed E-state index contributed by atoms with van der Waals surface area (Å²) in [6.45, 7) is 2.14. The van der Waals surface area contributed by atoms with E-state index in [0.29, 0.717) is 35.9 Å². The summed E-state index contributed by atoms with van der Waals surface area (Å²) in [7, 11) is 0. The Morgan fingerprint density at radius 2 is 1.89 bits per heavy atom. The number of hydrogen-bond donors (Lipinski definition) is 1. The van der Waals surface area contributed by atoms with E-state index in [1.165, 1.54) is 17.0 Å². The van der Waals surface area contributed by atoms with Gasteiger partial charge >= 0.3 is 12.3 Å². The first-order valence-electron chi connectivity index (χ1n) is 12.2. The zero-order valence-corrected chi connectivity index (χ0v) is 20.3. The summed E-state index contributed by atoms with van der Waals surface area (Å²) in [4.78, 5) is 27.5. The van der Waals surface area contributed by atoms with Crippen LogP contribution in [0.1, 0.15) is 47.1 Å². The van der Waals surface area contributed by atoms with Gasteiger partial charge in [-0.05, 0) is 55.2 Å². The molecule has 0 aliphatic carbocycles. The van der Waals surface area contributed by atoms with Gasteiger partial charge in [0, 0.05) is 17.6 Å². The maximum Gasteiger partial charge on any atom is 0.416 e. The topological polar surface area (TPSA) is 85.2 Å². The van der Waals surface area contributed by atoms with Gasteiger partial charge in [-0.2, -0.15) is 18.2 Å². The number of rotatable bonds is 5. The molecule has 38 heavy (non-hydrogen) atoms. The second-order valence-corrected chi connectivity index (χ2v) is 9.27. The second-order valence-electron chi connectivity index (χ2n) is 9.27. The van der Waals surface area contributed by atoms with Crippen molar-refractivity contribution in [3.05, 3.63) is 95.2 Å². The van der Waals surface area contributed by atoms with E-state index in [4.69, 9.17) is 4.74 Å². The van der Waals surface area contributed by atoms with Gasteiger partial charge in [0.25, 0.3) is 0 Å². The van der Waals surface area contributed by atoms with Gasteiger partial charge < -0.3 is 14.6 Å². The third-order valence-corrected chi connectivity index (χ3v) is 6.90. The SMILES string of the molecule is CC(Nc1nccc(N2C(=O)OC[C@@H]2c2ccccc2)n1)c1ncn2c1CCc1cc(C(F)(F)F)ccc1-2. The number of aryl methyl sites for hydroxylation is 1. The average Bonchev–Trinajstić information content (AvgIpc) is 3.52. The Morgan fingerprint density at radius 3 is 2.68 bits per heavy atom. The molecule has 2 aromatic heterocycles. The molecule has 2 aliphatic heterocycles. The molecule has 4 heterocycles. The molecule has 2 aliphatic rings. The van der Waals surface area contributed by atoms with Gasteiger partial charge in [0.05, 0.1) is 23.6 Å². The van der Waals surface area contributed by atoms with Crippen LogP contribution in [0, 0.1) is 0 Å². The Labute approximate surface area is 216 Å². The molecule has 2 atom stereocenters. The van der Waals surface area contributed by atoms with Gasteiger partial charge in [-0.3, -0.25) is 4.90 Å². The zero-order chi connectivity index (χ0) is 26.4. The molecular formula is C27H23F3N6O2. The number of imidazole rings is 1. The van der Waals surface area contributed by atoms with E-state index in [-0.39, 0.29) is 18.7 Å². The summed E-state index contributed by atoms with van der Waals surface area (Å²) in [5.41, 5.74) is 3.30. The molecule has 6 rings (SSSR count). The summed E-state index contributed by atoms with van der Waals surface area (Å²) in [6, 6.07) is 14.5.